The van der Waals surface area contributed by atoms with E-state index in [1.54, 1.807) is 37.5 Å². The Morgan fingerprint density at radius 3 is 2.45 bits per heavy atom. The van der Waals surface area contributed by atoms with Gasteiger partial charge < -0.3 is 14.6 Å². The molecule has 0 aliphatic rings. The normalized spacial score (nSPS) is 10.5. The molecular weight excluding hydrogens is 285 g/mol. The van der Waals surface area contributed by atoms with Crippen molar-refractivity contribution in [2.75, 3.05) is 14.2 Å². The van der Waals surface area contributed by atoms with Crippen LogP contribution in [-0.4, -0.2) is 19.3 Å². The molecule has 5 heteroatoms. The monoisotopic (exact) mass is 299 g/mol. The molecule has 0 spiro atoms. The van der Waals surface area contributed by atoms with Crippen LogP contribution in [0.4, 0.5) is 4.39 Å². The molecule has 0 atom stereocenters. The lowest BCUT2D eigenvalue weighted by Gasteiger charge is -2.07. The lowest BCUT2D eigenvalue weighted by atomic mass is 10.1. The van der Waals surface area contributed by atoms with E-state index in [-0.39, 0.29) is 16.9 Å². The first-order valence-electron chi connectivity index (χ1n) is 6.41. The second-order valence-electron chi connectivity index (χ2n) is 4.45. The SMILES string of the molecule is COc1ccc(/C=C/c2cc(F)cc(C#N)c2O)cc1OC. The fraction of sp³-hybridized carbons (Fsp3) is 0.118. The molecule has 0 aliphatic carbocycles. The molecule has 0 saturated heterocycles. The van der Waals surface area contributed by atoms with Crippen molar-refractivity contribution in [3.63, 3.8) is 0 Å². The van der Waals surface area contributed by atoms with Gasteiger partial charge in [0, 0.05) is 5.56 Å². The van der Waals surface area contributed by atoms with E-state index in [1.165, 1.54) is 13.2 Å². The van der Waals surface area contributed by atoms with E-state index in [2.05, 4.69) is 0 Å². The van der Waals surface area contributed by atoms with Crippen molar-refractivity contribution in [2.45, 2.75) is 0 Å². The maximum Gasteiger partial charge on any atom is 0.161 e. The van der Waals surface area contributed by atoms with Gasteiger partial charge in [-0.05, 0) is 29.8 Å². The van der Waals surface area contributed by atoms with E-state index in [9.17, 15) is 9.50 Å². The molecule has 1 N–H and O–H groups in total. The Kier molecular flexibility index (Phi) is 4.64. The first-order chi connectivity index (χ1) is 10.6. The summed E-state index contributed by atoms with van der Waals surface area (Å²) in [6.45, 7) is 0. The van der Waals surface area contributed by atoms with Crippen LogP contribution >= 0.6 is 0 Å². The second kappa shape index (κ2) is 6.64. The molecule has 0 heterocycles. The number of phenols is 1. The minimum absolute atomic E-state index is 0.105. The molecule has 0 radical (unpaired) electrons. The van der Waals surface area contributed by atoms with E-state index in [4.69, 9.17) is 14.7 Å². The highest BCUT2D eigenvalue weighted by Gasteiger charge is 2.08. The molecule has 0 aliphatic heterocycles. The maximum atomic E-state index is 13.4. The molecule has 22 heavy (non-hydrogen) atoms. The lowest BCUT2D eigenvalue weighted by Crippen LogP contribution is -1.90. The van der Waals surface area contributed by atoms with Gasteiger partial charge in [0.25, 0.3) is 0 Å². The number of nitriles is 1. The summed E-state index contributed by atoms with van der Waals surface area (Å²) in [4.78, 5) is 0. The number of rotatable bonds is 4. The molecule has 0 unspecified atom stereocenters. The molecule has 0 aromatic heterocycles. The number of hydrogen-bond donors (Lipinski definition) is 1. The molecule has 2 aromatic carbocycles. The first-order valence-corrected chi connectivity index (χ1v) is 6.41. The smallest absolute Gasteiger partial charge is 0.161 e. The maximum absolute atomic E-state index is 13.4. The molecule has 112 valence electrons. The number of aromatic hydroxyl groups is 1. The quantitative estimate of drug-likeness (QED) is 0.876. The molecule has 4 nitrogen and oxygen atoms in total. The molecule has 2 rings (SSSR count). The van der Waals surface area contributed by atoms with Crippen molar-refractivity contribution in [3.05, 3.63) is 52.8 Å². The number of methoxy groups -OCH3 is 2. The molecule has 0 amide bonds. The van der Waals surface area contributed by atoms with Crippen LogP contribution in [0.15, 0.2) is 30.3 Å². The Labute approximate surface area is 127 Å². The summed E-state index contributed by atoms with van der Waals surface area (Å²) in [5.74, 6) is 0.327. The fourth-order valence-electron chi connectivity index (χ4n) is 1.98. The lowest BCUT2D eigenvalue weighted by molar-refractivity contribution is 0.355. The highest BCUT2D eigenvalue weighted by atomic mass is 19.1. The molecule has 2 aromatic rings. The Bertz CT molecular complexity index is 763. The van der Waals surface area contributed by atoms with Gasteiger partial charge in [0.15, 0.2) is 11.5 Å². The zero-order valence-electron chi connectivity index (χ0n) is 12.1. The summed E-state index contributed by atoms with van der Waals surface area (Å²) < 4.78 is 23.7. The molecular formula is C17H14FNO3. The van der Waals surface area contributed by atoms with Gasteiger partial charge in [-0.15, -0.1) is 0 Å². The Hall–Kier alpha value is -3.00. The van der Waals surface area contributed by atoms with Gasteiger partial charge in [-0.3, -0.25) is 0 Å². The minimum Gasteiger partial charge on any atom is -0.506 e. The van der Waals surface area contributed by atoms with Gasteiger partial charge >= 0.3 is 0 Å². The summed E-state index contributed by atoms with van der Waals surface area (Å²) in [5.41, 5.74) is 0.901. The van der Waals surface area contributed by atoms with E-state index < -0.39 is 5.82 Å². The highest BCUT2D eigenvalue weighted by molar-refractivity contribution is 5.74. The van der Waals surface area contributed by atoms with Crippen LogP contribution in [0.25, 0.3) is 12.2 Å². The van der Waals surface area contributed by atoms with Crippen molar-refractivity contribution in [1.29, 1.82) is 5.26 Å². The first kappa shape index (κ1) is 15.4. The number of phenolic OH excluding ortho intramolecular Hbond substituents is 1. The van der Waals surface area contributed by atoms with Gasteiger partial charge in [0.2, 0.25) is 0 Å². The van der Waals surface area contributed by atoms with Crippen LogP contribution < -0.4 is 9.47 Å². The van der Waals surface area contributed by atoms with E-state index in [1.807, 2.05) is 0 Å². The van der Waals surface area contributed by atoms with Crippen molar-refractivity contribution in [3.8, 4) is 23.3 Å². The number of ether oxygens (including phenoxy) is 2. The van der Waals surface area contributed by atoms with Gasteiger partial charge in [-0.25, -0.2) is 4.39 Å². The van der Waals surface area contributed by atoms with Gasteiger partial charge in [0.05, 0.1) is 19.8 Å². The zero-order valence-corrected chi connectivity index (χ0v) is 12.1. The van der Waals surface area contributed by atoms with Crippen LogP contribution in [0.2, 0.25) is 0 Å². The standard InChI is InChI=1S/C17H14FNO3/c1-21-15-6-4-11(7-16(15)22-2)3-5-12-8-14(18)9-13(10-19)17(12)20/h3-9,20H,1-2H3/b5-3+. The highest BCUT2D eigenvalue weighted by Crippen LogP contribution is 2.29. The van der Waals surface area contributed by atoms with Gasteiger partial charge in [0.1, 0.15) is 17.6 Å². The van der Waals surface area contributed by atoms with Crippen LogP contribution in [0, 0.1) is 17.1 Å². The summed E-state index contributed by atoms with van der Waals surface area (Å²) in [5, 5.41) is 18.7. The predicted octanol–water partition coefficient (Wildman–Crippen LogP) is 3.59. The summed E-state index contributed by atoms with van der Waals surface area (Å²) in [7, 11) is 3.07. The third-order valence-corrected chi connectivity index (χ3v) is 3.09. The van der Waals surface area contributed by atoms with E-state index in [0.717, 1.165) is 17.7 Å². The van der Waals surface area contributed by atoms with Crippen LogP contribution in [0.3, 0.4) is 0 Å². The van der Waals surface area contributed by atoms with E-state index in [0.29, 0.717) is 11.5 Å². The molecule has 0 fully saturated rings. The van der Waals surface area contributed by atoms with Gasteiger partial charge in [-0.2, -0.15) is 5.26 Å². The van der Waals surface area contributed by atoms with Crippen LogP contribution in [0.5, 0.6) is 17.2 Å². The van der Waals surface area contributed by atoms with E-state index >= 15 is 0 Å². The number of hydrogen-bond acceptors (Lipinski definition) is 4. The van der Waals surface area contributed by atoms with Crippen molar-refractivity contribution < 1.29 is 19.0 Å². The number of halogens is 1. The number of benzene rings is 2. The predicted molar refractivity (Wildman–Crippen MR) is 81.3 cm³/mol. The van der Waals surface area contributed by atoms with Crippen LogP contribution in [0.1, 0.15) is 16.7 Å². The van der Waals surface area contributed by atoms with Crippen LogP contribution in [-0.2, 0) is 0 Å². The third-order valence-electron chi connectivity index (χ3n) is 3.09. The largest absolute Gasteiger partial charge is 0.506 e. The Morgan fingerprint density at radius 2 is 1.82 bits per heavy atom. The van der Waals surface area contributed by atoms with Crippen molar-refractivity contribution >= 4 is 12.2 Å². The third kappa shape index (κ3) is 3.18. The Morgan fingerprint density at radius 1 is 1.09 bits per heavy atom. The van der Waals surface area contributed by atoms with Crippen molar-refractivity contribution in [2.24, 2.45) is 0 Å². The topological polar surface area (TPSA) is 62.5 Å². The molecule has 0 bridgehead atoms. The Balaban J connectivity index is 2.37. The fourth-order valence-corrected chi connectivity index (χ4v) is 1.98. The zero-order chi connectivity index (χ0) is 16.1. The minimum atomic E-state index is -0.582. The number of nitrogens with zero attached hydrogens (tertiary/aromatic N) is 1. The summed E-state index contributed by atoms with van der Waals surface area (Å²) in [6.07, 6.45) is 3.21. The second-order valence-corrected chi connectivity index (χ2v) is 4.45. The average molecular weight is 299 g/mol. The van der Waals surface area contributed by atoms with Crippen molar-refractivity contribution in [1.82, 2.24) is 0 Å². The summed E-state index contributed by atoms with van der Waals surface area (Å²) in [6, 6.07) is 9.18. The van der Waals surface area contributed by atoms with Gasteiger partial charge in [-0.1, -0.05) is 18.2 Å². The average Bonchev–Trinajstić information content (AvgIpc) is 2.54. The molecule has 0 saturated carbocycles. The summed E-state index contributed by atoms with van der Waals surface area (Å²) >= 11 is 0.